The zero-order valence-corrected chi connectivity index (χ0v) is 15.0. The SMILES string of the molecule is CC(O)C1CCCN(C(=O)NCCCN(C(C)C)C(C)C)C1. The molecule has 130 valence electrons. The van der Waals surface area contributed by atoms with Gasteiger partial charge in [0.2, 0.25) is 0 Å². The summed E-state index contributed by atoms with van der Waals surface area (Å²) in [5.41, 5.74) is 0. The quantitative estimate of drug-likeness (QED) is 0.709. The van der Waals surface area contributed by atoms with Crippen LogP contribution in [0.3, 0.4) is 0 Å². The number of likely N-dealkylation sites (tertiary alicyclic amines) is 1. The summed E-state index contributed by atoms with van der Waals surface area (Å²) >= 11 is 0. The van der Waals surface area contributed by atoms with Crippen molar-refractivity contribution in [1.29, 1.82) is 0 Å². The first-order chi connectivity index (χ1) is 10.3. The summed E-state index contributed by atoms with van der Waals surface area (Å²) in [7, 11) is 0. The molecule has 5 nitrogen and oxygen atoms in total. The number of aliphatic hydroxyl groups is 1. The standard InChI is InChI=1S/C17H35N3O2/c1-13(2)20(14(3)4)11-7-9-18-17(22)19-10-6-8-16(12-19)15(5)21/h13-16,21H,6-12H2,1-5H3,(H,18,22). The third-order valence-electron chi connectivity index (χ3n) is 4.62. The van der Waals surface area contributed by atoms with Crippen LogP contribution >= 0.6 is 0 Å². The molecule has 1 aliphatic heterocycles. The summed E-state index contributed by atoms with van der Waals surface area (Å²) < 4.78 is 0. The van der Waals surface area contributed by atoms with E-state index < -0.39 is 0 Å². The second-order valence-electron chi connectivity index (χ2n) is 7.10. The summed E-state index contributed by atoms with van der Waals surface area (Å²) in [6.45, 7) is 13.9. The van der Waals surface area contributed by atoms with E-state index in [2.05, 4.69) is 37.9 Å². The van der Waals surface area contributed by atoms with Crippen molar-refractivity contribution >= 4 is 6.03 Å². The average molecular weight is 313 g/mol. The molecule has 0 bridgehead atoms. The minimum absolute atomic E-state index is 0.0194. The van der Waals surface area contributed by atoms with Crippen LogP contribution in [0.2, 0.25) is 0 Å². The number of carbonyl (C=O) groups is 1. The first-order valence-electron chi connectivity index (χ1n) is 8.79. The third-order valence-corrected chi connectivity index (χ3v) is 4.62. The van der Waals surface area contributed by atoms with Gasteiger partial charge in [-0.05, 0) is 53.9 Å². The molecule has 22 heavy (non-hydrogen) atoms. The summed E-state index contributed by atoms with van der Waals surface area (Å²) in [5, 5.41) is 12.7. The zero-order chi connectivity index (χ0) is 16.7. The molecule has 1 heterocycles. The minimum atomic E-state index is -0.332. The highest BCUT2D eigenvalue weighted by Gasteiger charge is 2.26. The van der Waals surface area contributed by atoms with Crippen molar-refractivity contribution in [2.24, 2.45) is 5.92 Å². The summed E-state index contributed by atoms with van der Waals surface area (Å²) in [6, 6.07) is 1.08. The molecule has 2 unspecified atom stereocenters. The summed E-state index contributed by atoms with van der Waals surface area (Å²) in [5.74, 6) is 0.219. The maximum atomic E-state index is 12.2. The molecule has 1 aliphatic rings. The number of hydrogen-bond acceptors (Lipinski definition) is 3. The van der Waals surface area contributed by atoms with Crippen LogP contribution in [0.5, 0.6) is 0 Å². The Morgan fingerprint density at radius 1 is 1.27 bits per heavy atom. The lowest BCUT2D eigenvalue weighted by Crippen LogP contribution is -2.48. The van der Waals surface area contributed by atoms with Crippen molar-refractivity contribution in [2.45, 2.75) is 72.1 Å². The minimum Gasteiger partial charge on any atom is -0.393 e. The van der Waals surface area contributed by atoms with E-state index in [4.69, 9.17) is 0 Å². The van der Waals surface area contributed by atoms with E-state index in [9.17, 15) is 9.90 Å². The fraction of sp³-hybridized carbons (Fsp3) is 0.941. The van der Waals surface area contributed by atoms with Gasteiger partial charge in [0.15, 0.2) is 0 Å². The number of aliphatic hydroxyl groups excluding tert-OH is 1. The van der Waals surface area contributed by atoms with E-state index in [1.807, 2.05) is 11.8 Å². The van der Waals surface area contributed by atoms with Crippen molar-refractivity contribution in [1.82, 2.24) is 15.1 Å². The topological polar surface area (TPSA) is 55.8 Å². The van der Waals surface area contributed by atoms with Gasteiger partial charge in [-0.25, -0.2) is 4.79 Å². The Labute approximate surface area is 136 Å². The van der Waals surface area contributed by atoms with Gasteiger partial charge in [-0.1, -0.05) is 0 Å². The van der Waals surface area contributed by atoms with Crippen LogP contribution in [0.4, 0.5) is 4.79 Å². The van der Waals surface area contributed by atoms with Crippen LogP contribution in [-0.4, -0.2) is 65.3 Å². The van der Waals surface area contributed by atoms with E-state index in [0.29, 0.717) is 25.2 Å². The Kier molecular flexibility index (Phi) is 8.18. The molecule has 2 N–H and O–H groups in total. The fourth-order valence-corrected chi connectivity index (χ4v) is 3.27. The van der Waals surface area contributed by atoms with Gasteiger partial charge < -0.3 is 15.3 Å². The lowest BCUT2D eigenvalue weighted by molar-refractivity contribution is 0.0738. The van der Waals surface area contributed by atoms with Gasteiger partial charge in [0, 0.05) is 44.2 Å². The highest BCUT2D eigenvalue weighted by molar-refractivity contribution is 5.74. The van der Waals surface area contributed by atoms with Gasteiger partial charge in [-0.15, -0.1) is 0 Å². The van der Waals surface area contributed by atoms with E-state index in [1.54, 1.807) is 0 Å². The second kappa shape index (κ2) is 9.36. The molecule has 1 rings (SSSR count). The van der Waals surface area contributed by atoms with Gasteiger partial charge in [0.25, 0.3) is 0 Å². The number of carbonyl (C=O) groups excluding carboxylic acids is 1. The molecule has 0 spiro atoms. The number of nitrogens with one attached hydrogen (secondary N) is 1. The van der Waals surface area contributed by atoms with Gasteiger partial charge in [-0.3, -0.25) is 4.90 Å². The Morgan fingerprint density at radius 3 is 2.45 bits per heavy atom. The van der Waals surface area contributed by atoms with Crippen LogP contribution in [0.15, 0.2) is 0 Å². The number of hydrogen-bond donors (Lipinski definition) is 2. The van der Waals surface area contributed by atoms with Crippen LogP contribution in [-0.2, 0) is 0 Å². The molecular weight excluding hydrogens is 278 g/mol. The molecule has 1 saturated heterocycles. The highest BCUT2D eigenvalue weighted by Crippen LogP contribution is 2.19. The van der Waals surface area contributed by atoms with E-state index in [1.165, 1.54) is 0 Å². The molecule has 2 amide bonds. The second-order valence-corrected chi connectivity index (χ2v) is 7.10. The summed E-state index contributed by atoms with van der Waals surface area (Å²) in [4.78, 5) is 16.5. The van der Waals surface area contributed by atoms with E-state index in [0.717, 1.165) is 32.4 Å². The van der Waals surface area contributed by atoms with Crippen molar-refractivity contribution in [3.05, 3.63) is 0 Å². The van der Waals surface area contributed by atoms with Crippen molar-refractivity contribution in [3.8, 4) is 0 Å². The maximum absolute atomic E-state index is 12.2. The molecule has 2 atom stereocenters. The van der Waals surface area contributed by atoms with Crippen molar-refractivity contribution in [2.75, 3.05) is 26.2 Å². The smallest absolute Gasteiger partial charge is 0.317 e. The van der Waals surface area contributed by atoms with Gasteiger partial charge in [0.05, 0.1) is 6.10 Å². The van der Waals surface area contributed by atoms with E-state index in [-0.39, 0.29) is 18.1 Å². The van der Waals surface area contributed by atoms with Crippen LogP contribution in [0.1, 0.15) is 53.9 Å². The highest BCUT2D eigenvalue weighted by atomic mass is 16.3. The molecule has 0 aliphatic carbocycles. The number of piperidine rings is 1. The van der Waals surface area contributed by atoms with Gasteiger partial charge >= 0.3 is 6.03 Å². The molecule has 0 saturated carbocycles. The number of rotatable bonds is 7. The van der Waals surface area contributed by atoms with Crippen molar-refractivity contribution < 1.29 is 9.90 Å². The first kappa shape index (κ1) is 19.2. The van der Waals surface area contributed by atoms with E-state index >= 15 is 0 Å². The Morgan fingerprint density at radius 2 is 1.91 bits per heavy atom. The Balaban J connectivity index is 2.28. The maximum Gasteiger partial charge on any atom is 0.317 e. The van der Waals surface area contributed by atoms with Gasteiger partial charge in [0.1, 0.15) is 0 Å². The molecule has 0 radical (unpaired) electrons. The lowest BCUT2D eigenvalue weighted by Gasteiger charge is -2.34. The summed E-state index contributed by atoms with van der Waals surface area (Å²) in [6.07, 6.45) is 2.63. The van der Waals surface area contributed by atoms with Crippen LogP contribution < -0.4 is 5.32 Å². The predicted molar refractivity (Wildman–Crippen MR) is 91.0 cm³/mol. The fourth-order valence-electron chi connectivity index (χ4n) is 3.27. The molecule has 0 aromatic heterocycles. The normalized spacial score (nSPS) is 20.8. The van der Waals surface area contributed by atoms with Crippen LogP contribution in [0, 0.1) is 5.92 Å². The van der Waals surface area contributed by atoms with Crippen LogP contribution in [0.25, 0.3) is 0 Å². The largest absolute Gasteiger partial charge is 0.393 e. The number of amides is 2. The van der Waals surface area contributed by atoms with Gasteiger partial charge in [-0.2, -0.15) is 0 Å². The molecule has 0 aromatic carbocycles. The molecular formula is C17H35N3O2. The Bertz CT molecular complexity index is 324. The van der Waals surface area contributed by atoms with Crippen molar-refractivity contribution in [3.63, 3.8) is 0 Å². The molecule has 0 aromatic rings. The molecule has 1 fully saturated rings. The number of urea groups is 1. The zero-order valence-electron chi connectivity index (χ0n) is 15.0. The molecule has 5 heteroatoms. The first-order valence-corrected chi connectivity index (χ1v) is 8.79. The predicted octanol–water partition coefficient (Wildman–Crippen LogP) is 2.30. The number of nitrogens with zero attached hydrogens (tertiary/aromatic N) is 2. The third kappa shape index (κ3) is 6.13. The lowest BCUT2D eigenvalue weighted by atomic mass is 9.94. The average Bonchev–Trinajstić information content (AvgIpc) is 2.46. The Hall–Kier alpha value is -0.810. The monoisotopic (exact) mass is 313 g/mol.